The zero-order chi connectivity index (χ0) is 13.3. The summed E-state index contributed by atoms with van der Waals surface area (Å²) in [6, 6.07) is 3.66. The monoisotopic (exact) mass is 246 g/mol. The number of pyridine rings is 1. The van der Waals surface area contributed by atoms with Crippen molar-refractivity contribution in [3.63, 3.8) is 0 Å². The lowest BCUT2D eigenvalue weighted by Crippen LogP contribution is -2.18. The number of aryl methyl sites for hydroxylation is 2. The van der Waals surface area contributed by atoms with Crippen molar-refractivity contribution in [1.29, 1.82) is 0 Å². The van der Waals surface area contributed by atoms with Crippen molar-refractivity contribution in [3.8, 4) is 11.5 Å². The molecule has 2 aromatic heterocycles. The lowest BCUT2D eigenvalue weighted by molar-refractivity contribution is 0.400. The van der Waals surface area contributed by atoms with Gasteiger partial charge in [-0.1, -0.05) is 19.0 Å². The van der Waals surface area contributed by atoms with Gasteiger partial charge in [-0.2, -0.15) is 4.98 Å². The van der Waals surface area contributed by atoms with Crippen LogP contribution in [0.3, 0.4) is 0 Å². The molecule has 1 atom stereocenters. The molecule has 0 amide bonds. The zero-order valence-electron chi connectivity index (χ0n) is 11.1. The molecule has 0 aromatic carbocycles. The molecule has 0 fully saturated rings. The minimum atomic E-state index is -0.207. The number of nitrogens with zero attached hydrogens (tertiary/aromatic N) is 3. The highest BCUT2D eigenvalue weighted by Crippen LogP contribution is 2.23. The van der Waals surface area contributed by atoms with Gasteiger partial charge in [-0.05, 0) is 31.9 Å². The molecule has 0 bridgehead atoms. The molecule has 0 radical (unpaired) electrons. The molecule has 18 heavy (non-hydrogen) atoms. The number of hydrogen-bond acceptors (Lipinski definition) is 5. The van der Waals surface area contributed by atoms with Crippen LogP contribution < -0.4 is 5.73 Å². The van der Waals surface area contributed by atoms with E-state index in [1.807, 2.05) is 39.8 Å². The van der Waals surface area contributed by atoms with Crippen molar-refractivity contribution in [3.05, 3.63) is 29.3 Å². The predicted molar refractivity (Wildman–Crippen MR) is 68.8 cm³/mol. The molecule has 0 spiro atoms. The lowest BCUT2D eigenvalue weighted by Gasteiger charge is -2.09. The molecule has 0 aliphatic carbocycles. The van der Waals surface area contributed by atoms with Crippen LogP contribution in [0.15, 0.2) is 16.7 Å². The minimum Gasteiger partial charge on any atom is -0.334 e. The third kappa shape index (κ3) is 2.41. The number of hydrogen-bond donors (Lipinski definition) is 1. The van der Waals surface area contributed by atoms with Crippen LogP contribution >= 0.6 is 0 Å². The molecule has 96 valence electrons. The fourth-order valence-corrected chi connectivity index (χ4v) is 1.69. The summed E-state index contributed by atoms with van der Waals surface area (Å²) in [5.41, 5.74) is 8.69. The van der Waals surface area contributed by atoms with Crippen LogP contribution in [0.1, 0.15) is 37.1 Å². The molecule has 5 nitrogen and oxygen atoms in total. The summed E-state index contributed by atoms with van der Waals surface area (Å²) < 4.78 is 5.26. The quantitative estimate of drug-likeness (QED) is 0.899. The van der Waals surface area contributed by atoms with Crippen LogP contribution in [0.2, 0.25) is 0 Å². The molecule has 0 aliphatic heterocycles. The van der Waals surface area contributed by atoms with Crippen molar-refractivity contribution in [2.24, 2.45) is 11.7 Å². The van der Waals surface area contributed by atoms with Gasteiger partial charge in [-0.25, -0.2) is 0 Å². The Balaban J connectivity index is 2.35. The summed E-state index contributed by atoms with van der Waals surface area (Å²) in [5, 5.41) is 3.94. The predicted octanol–water partition coefficient (Wildman–Crippen LogP) is 2.40. The van der Waals surface area contributed by atoms with Crippen LogP contribution in [0.25, 0.3) is 11.5 Å². The van der Waals surface area contributed by atoms with E-state index in [4.69, 9.17) is 10.3 Å². The molecular formula is C13H18N4O. The fraction of sp³-hybridized carbons (Fsp3) is 0.462. The van der Waals surface area contributed by atoms with Gasteiger partial charge in [0, 0.05) is 5.69 Å². The van der Waals surface area contributed by atoms with E-state index < -0.39 is 0 Å². The molecule has 0 saturated heterocycles. The molecule has 0 saturated carbocycles. The summed E-state index contributed by atoms with van der Waals surface area (Å²) >= 11 is 0. The maximum absolute atomic E-state index is 5.99. The van der Waals surface area contributed by atoms with Crippen molar-refractivity contribution >= 4 is 0 Å². The third-order valence-corrected chi connectivity index (χ3v) is 2.91. The average Bonchev–Trinajstić information content (AvgIpc) is 2.77. The van der Waals surface area contributed by atoms with Crippen LogP contribution in [0.5, 0.6) is 0 Å². The smallest absolute Gasteiger partial charge is 0.259 e. The second-order valence-electron chi connectivity index (χ2n) is 4.81. The number of nitrogens with two attached hydrogens (primary N) is 1. The van der Waals surface area contributed by atoms with E-state index in [-0.39, 0.29) is 12.0 Å². The molecule has 2 N–H and O–H groups in total. The standard InChI is InChI=1S/C13H18N4O/c1-7(2)11(14)12-16-13(18-17-12)10-6-5-8(3)15-9(10)4/h5-7,11H,14H2,1-4H3. The van der Waals surface area contributed by atoms with Crippen molar-refractivity contribution in [1.82, 2.24) is 15.1 Å². The first-order valence-corrected chi connectivity index (χ1v) is 6.03. The minimum absolute atomic E-state index is 0.207. The normalized spacial score (nSPS) is 13.0. The molecule has 5 heteroatoms. The highest BCUT2D eigenvalue weighted by atomic mass is 16.5. The van der Waals surface area contributed by atoms with Gasteiger partial charge in [0.25, 0.3) is 5.89 Å². The molecule has 2 heterocycles. The summed E-state index contributed by atoms with van der Waals surface area (Å²) in [4.78, 5) is 8.73. The van der Waals surface area contributed by atoms with Gasteiger partial charge in [-0.15, -0.1) is 0 Å². The first kappa shape index (κ1) is 12.7. The Labute approximate surface area is 106 Å². The third-order valence-electron chi connectivity index (χ3n) is 2.91. The van der Waals surface area contributed by atoms with Crippen molar-refractivity contribution in [2.75, 3.05) is 0 Å². The zero-order valence-corrected chi connectivity index (χ0v) is 11.1. The first-order valence-electron chi connectivity index (χ1n) is 6.03. The van der Waals surface area contributed by atoms with E-state index in [2.05, 4.69) is 15.1 Å². The Morgan fingerprint density at radius 3 is 2.50 bits per heavy atom. The molecule has 2 aromatic rings. The lowest BCUT2D eigenvalue weighted by atomic mass is 10.1. The Hall–Kier alpha value is -1.75. The summed E-state index contributed by atoms with van der Waals surface area (Å²) in [6.45, 7) is 7.93. The number of rotatable bonds is 3. The molecule has 0 aliphatic rings. The van der Waals surface area contributed by atoms with Gasteiger partial charge < -0.3 is 10.3 Å². The van der Waals surface area contributed by atoms with E-state index in [9.17, 15) is 0 Å². The van der Waals surface area contributed by atoms with E-state index in [0.29, 0.717) is 11.7 Å². The van der Waals surface area contributed by atoms with Gasteiger partial charge >= 0.3 is 0 Å². The summed E-state index contributed by atoms with van der Waals surface area (Å²) in [5.74, 6) is 1.29. The van der Waals surface area contributed by atoms with Gasteiger partial charge in [0.1, 0.15) is 0 Å². The summed E-state index contributed by atoms with van der Waals surface area (Å²) in [6.07, 6.45) is 0. The fourth-order valence-electron chi connectivity index (χ4n) is 1.69. The second kappa shape index (κ2) is 4.86. The molecular weight excluding hydrogens is 228 g/mol. The Kier molecular flexibility index (Phi) is 3.43. The molecule has 2 rings (SSSR count). The van der Waals surface area contributed by atoms with Gasteiger partial charge in [0.15, 0.2) is 5.82 Å². The van der Waals surface area contributed by atoms with Crippen LogP contribution in [-0.2, 0) is 0 Å². The maximum Gasteiger partial charge on any atom is 0.259 e. The van der Waals surface area contributed by atoms with Crippen LogP contribution in [0.4, 0.5) is 0 Å². The van der Waals surface area contributed by atoms with E-state index >= 15 is 0 Å². The maximum atomic E-state index is 5.99. The van der Waals surface area contributed by atoms with Crippen LogP contribution in [-0.4, -0.2) is 15.1 Å². The van der Waals surface area contributed by atoms with Crippen molar-refractivity contribution in [2.45, 2.75) is 33.7 Å². The van der Waals surface area contributed by atoms with Crippen LogP contribution in [0, 0.1) is 19.8 Å². The number of aromatic nitrogens is 3. The van der Waals surface area contributed by atoms with E-state index in [0.717, 1.165) is 17.0 Å². The molecule has 1 unspecified atom stereocenters. The van der Waals surface area contributed by atoms with Gasteiger partial charge in [-0.3, -0.25) is 4.98 Å². The first-order chi connectivity index (χ1) is 8.49. The highest BCUT2D eigenvalue weighted by Gasteiger charge is 2.19. The Bertz CT molecular complexity index is 548. The second-order valence-corrected chi connectivity index (χ2v) is 4.81. The van der Waals surface area contributed by atoms with Crippen molar-refractivity contribution < 1.29 is 4.52 Å². The Morgan fingerprint density at radius 1 is 1.17 bits per heavy atom. The largest absolute Gasteiger partial charge is 0.334 e. The Morgan fingerprint density at radius 2 is 1.89 bits per heavy atom. The van der Waals surface area contributed by atoms with Gasteiger partial charge in [0.2, 0.25) is 0 Å². The van der Waals surface area contributed by atoms with E-state index in [1.165, 1.54) is 0 Å². The van der Waals surface area contributed by atoms with Gasteiger partial charge in [0.05, 0.1) is 17.3 Å². The highest BCUT2D eigenvalue weighted by molar-refractivity contribution is 5.55. The SMILES string of the molecule is Cc1ccc(-c2nc(C(N)C(C)C)no2)c(C)n1. The topological polar surface area (TPSA) is 77.8 Å². The van der Waals surface area contributed by atoms with E-state index in [1.54, 1.807) is 0 Å². The average molecular weight is 246 g/mol. The summed E-state index contributed by atoms with van der Waals surface area (Å²) in [7, 11) is 0.